The molecule has 4 N–H and O–H groups in total. The van der Waals surface area contributed by atoms with E-state index in [4.69, 9.17) is 10.8 Å². The molecule has 18 heavy (non-hydrogen) atoms. The van der Waals surface area contributed by atoms with Gasteiger partial charge in [0.25, 0.3) is 5.91 Å². The van der Waals surface area contributed by atoms with E-state index in [9.17, 15) is 9.59 Å². The molecule has 0 radical (unpaired) electrons. The van der Waals surface area contributed by atoms with Crippen molar-refractivity contribution in [2.45, 2.75) is 19.3 Å². The number of nitrogens with two attached hydrogens (primary N) is 1. The van der Waals surface area contributed by atoms with Crippen LogP contribution in [0.3, 0.4) is 0 Å². The summed E-state index contributed by atoms with van der Waals surface area (Å²) in [6.07, 6.45) is 2.27. The fourth-order valence-electron chi connectivity index (χ4n) is 1.89. The van der Waals surface area contributed by atoms with Crippen molar-refractivity contribution < 1.29 is 14.7 Å². The maximum atomic E-state index is 11.1. The number of hydrogen-bond acceptors (Lipinski definition) is 5. The van der Waals surface area contributed by atoms with Crippen LogP contribution in [0.15, 0.2) is 12.1 Å². The number of carboxylic acids is 1. The highest BCUT2D eigenvalue weighted by Gasteiger charge is 2.44. The topological polar surface area (TPSA) is 118 Å². The van der Waals surface area contributed by atoms with Crippen LogP contribution in [0.4, 0.5) is 5.82 Å². The molecule has 7 heteroatoms. The fraction of sp³-hybridized carbons (Fsp3) is 0.455. The third kappa shape index (κ3) is 2.24. The number of rotatable bonds is 5. The Morgan fingerprint density at radius 2 is 2.11 bits per heavy atom. The zero-order chi connectivity index (χ0) is 13.2. The standard InChI is InChI=1S/C11H14N4O3/c12-9(16)7-2-3-8(15-14-7)13-6-11(10(17)18)4-1-5-11/h2-3H,1,4-6H2,(H2,12,16)(H,13,15)(H,17,18). The van der Waals surface area contributed by atoms with Gasteiger partial charge in [-0.05, 0) is 25.0 Å². The van der Waals surface area contributed by atoms with Gasteiger partial charge in [-0.3, -0.25) is 9.59 Å². The molecule has 1 saturated carbocycles. The summed E-state index contributed by atoms with van der Waals surface area (Å²) in [6, 6.07) is 3.01. The summed E-state index contributed by atoms with van der Waals surface area (Å²) in [5.41, 5.74) is 4.43. The van der Waals surface area contributed by atoms with Crippen molar-refractivity contribution in [3.05, 3.63) is 17.8 Å². The van der Waals surface area contributed by atoms with E-state index < -0.39 is 17.3 Å². The summed E-state index contributed by atoms with van der Waals surface area (Å²) in [7, 11) is 0. The summed E-state index contributed by atoms with van der Waals surface area (Å²) < 4.78 is 0. The summed E-state index contributed by atoms with van der Waals surface area (Å²) in [5, 5.41) is 19.5. The third-order valence-electron chi connectivity index (χ3n) is 3.29. The number of carbonyl (C=O) groups excluding carboxylic acids is 1. The van der Waals surface area contributed by atoms with E-state index >= 15 is 0 Å². The first-order chi connectivity index (χ1) is 8.53. The van der Waals surface area contributed by atoms with Crippen molar-refractivity contribution in [3.8, 4) is 0 Å². The maximum absolute atomic E-state index is 11.1. The highest BCUT2D eigenvalue weighted by Crippen LogP contribution is 2.41. The van der Waals surface area contributed by atoms with E-state index in [1.165, 1.54) is 6.07 Å². The number of anilines is 1. The lowest BCUT2D eigenvalue weighted by molar-refractivity contribution is -0.153. The van der Waals surface area contributed by atoms with E-state index in [2.05, 4.69) is 15.5 Å². The molecule has 1 heterocycles. The Kier molecular flexibility index (Phi) is 3.14. The Labute approximate surface area is 103 Å². The van der Waals surface area contributed by atoms with Gasteiger partial charge in [0.2, 0.25) is 0 Å². The molecular weight excluding hydrogens is 236 g/mol. The predicted octanol–water partition coefficient (Wildman–Crippen LogP) is 0.242. The number of amides is 1. The van der Waals surface area contributed by atoms with Crippen molar-refractivity contribution >= 4 is 17.7 Å². The molecular formula is C11H14N4O3. The van der Waals surface area contributed by atoms with Gasteiger partial charge in [0.05, 0.1) is 5.41 Å². The number of nitrogens with zero attached hydrogens (tertiary/aromatic N) is 2. The van der Waals surface area contributed by atoms with Crippen molar-refractivity contribution in [3.63, 3.8) is 0 Å². The van der Waals surface area contributed by atoms with Crippen molar-refractivity contribution in [1.82, 2.24) is 10.2 Å². The Bertz CT molecular complexity index is 468. The largest absolute Gasteiger partial charge is 0.481 e. The first kappa shape index (κ1) is 12.3. The van der Waals surface area contributed by atoms with Gasteiger partial charge in [-0.25, -0.2) is 0 Å². The average Bonchev–Trinajstić information content (AvgIpc) is 2.27. The van der Waals surface area contributed by atoms with Crippen LogP contribution < -0.4 is 11.1 Å². The predicted molar refractivity (Wildman–Crippen MR) is 63.0 cm³/mol. The quantitative estimate of drug-likeness (QED) is 0.689. The second kappa shape index (κ2) is 4.59. The summed E-state index contributed by atoms with van der Waals surface area (Å²) in [6.45, 7) is 0.312. The molecule has 7 nitrogen and oxygen atoms in total. The van der Waals surface area contributed by atoms with Crippen LogP contribution in [-0.4, -0.2) is 33.7 Å². The number of aliphatic carboxylic acids is 1. The number of hydrogen-bond donors (Lipinski definition) is 3. The molecule has 1 aromatic heterocycles. The molecule has 0 atom stereocenters. The van der Waals surface area contributed by atoms with Crippen LogP contribution in [0.25, 0.3) is 0 Å². The maximum Gasteiger partial charge on any atom is 0.311 e. The van der Waals surface area contributed by atoms with Crippen LogP contribution in [0, 0.1) is 5.41 Å². The van der Waals surface area contributed by atoms with Crippen molar-refractivity contribution in [2.75, 3.05) is 11.9 Å². The van der Waals surface area contributed by atoms with Gasteiger partial charge >= 0.3 is 5.97 Å². The molecule has 0 aliphatic heterocycles. The summed E-state index contributed by atoms with van der Waals surface area (Å²) in [5.74, 6) is -0.995. The SMILES string of the molecule is NC(=O)c1ccc(NCC2(C(=O)O)CCC2)nn1. The Morgan fingerprint density at radius 1 is 1.39 bits per heavy atom. The molecule has 1 aliphatic rings. The minimum Gasteiger partial charge on any atom is -0.481 e. The lowest BCUT2D eigenvalue weighted by Crippen LogP contribution is -2.43. The minimum absolute atomic E-state index is 0.0807. The van der Waals surface area contributed by atoms with Crippen molar-refractivity contribution in [1.29, 1.82) is 0 Å². The van der Waals surface area contributed by atoms with Crippen LogP contribution in [-0.2, 0) is 4.79 Å². The molecule has 1 amide bonds. The van der Waals surface area contributed by atoms with E-state index in [1.807, 2.05) is 0 Å². The van der Waals surface area contributed by atoms with Gasteiger partial charge in [-0.2, -0.15) is 0 Å². The molecule has 2 rings (SSSR count). The summed E-state index contributed by atoms with van der Waals surface area (Å²) >= 11 is 0. The molecule has 0 spiro atoms. The molecule has 1 fully saturated rings. The van der Waals surface area contributed by atoms with Gasteiger partial charge < -0.3 is 16.2 Å². The lowest BCUT2D eigenvalue weighted by Gasteiger charge is -2.37. The molecule has 1 aromatic rings. The Hall–Kier alpha value is -2.18. The highest BCUT2D eigenvalue weighted by molar-refractivity contribution is 5.90. The van der Waals surface area contributed by atoms with Gasteiger partial charge in [-0.15, -0.1) is 10.2 Å². The van der Waals surface area contributed by atoms with Gasteiger partial charge in [0, 0.05) is 6.54 Å². The zero-order valence-corrected chi connectivity index (χ0v) is 9.72. The number of carbonyl (C=O) groups is 2. The fourth-order valence-corrected chi connectivity index (χ4v) is 1.89. The zero-order valence-electron chi connectivity index (χ0n) is 9.72. The van der Waals surface area contributed by atoms with E-state index in [0.29, 0.717) is 25.2 Å². The molecule has 1 aliphatic carbocycles. The highest BCUT2D eigenvalue weighted by atomic mass is 16.4. The second-order valence-electron chi connectivity index (χ2n) is 4.46. The van der Waals surface area contributed by atoms with E-state index in [-0.39, 0.29) is 5.69 Å². The normalized spacial score (nSPS) is 16.7. The average molecular weight is 250 g/mol. The number of nitrogens with one attached hydrogen (secondary N) is 1. The van der Waals surface area contributed by atoms with Crippen LogP contribution in [0.5, 0.6) is 0 Å². The van der Waals surface area contributed by atoms with Gasteiger partial charge in [-0.1, -0.05) is 6.42 Å². The minimum atomic E-state index is -0.789. The monoisotopic (exact) mass is 250 g/mol. The first-order valence-corrected chi connectivity index (χ1v) is 5.64. The molecule has 0 aromatic carbocycles. The lowest BCUT2D eigenvalue weighted by atomic mass is 9.69. The van der Waals surface area contributed by atoms with Crippen LogP contribution >= 0.6 is 0 Å². The molecule has 96 valence electrons. The van der Waals surface area contributed by atoms with Gasteiger partial charge in [0.15, 0.2) is 5.69 Å². The number of carboxylic acid groups (broad SMARTS) is 1. The van der Waals surface area contributed by atoms with Crippen LogP contribution in [0.1, 0.15) is 29.8 Å². The smallest absolute Gasteiger partial charge is 0.311 e. The van der Waals surface area contributed by atoms with E-state index in [1.54, 1.807) is 6.07 Å². The second-order valence-corrected chi connectivity index (χ2v) is 4.46. The number of primary amides is 1. The Morgan fingerprint density at radius 3 is 2.50 bits per heavy atom. The third-order valence-corrected chi connectivity index (χ3v) is 3.29. The molecule has 0 bridgehead atoms. The molecule has 0 unspecified atom stereocenters. The van der Waals surface area contributed by atoms with Crippen LogP contribution in [0.2, 0.25) is 0 Å². The molecule has 0 saturated heterocycles. The Balaban J connectivity index is 1.98. The first-order valence-electron chi connectivity index (χ1n) is 5.64. The summed E-state index contributed by atoms with van der Waals surface area (Å²) in [4.78, 5) is 21.9. The van der Waals surface area contributed by atoms with Gasteiger partial charge in [0.1, 0.15) is 5.82 Å². The van der Waals surface area contributed by atoms with Crippen molar-refractivity contribution in [2.24, 2.45) is 11.1 Å². The number of aromatic nitrogens is 2. The van der Waals surface area contributed by atoms with E-state index in [0.717, 1.165) is 6.42 Å².